The monoisotopic (exact) mass is 336 g/mol. The standard InChI is InChI=1S/C11H20N4O4S2/c1-15(2)21(16,17)8-9(12)14-20-10(8)13-6-11(18-3)4-5-19-7-11/h13H,4-7H2,1-3H3,(H2,12,14). The van der Waals surface area contributed by atoms with E-state index in [1.165, 1.54) is 14.1 Å². The van der Waals surface area contributed by atoms with Crippen molar-refractivity contribution in [3.8, 4) is 0 Å². The van der Waals surface area contributed by atoms with E-state index in [9.17, 15) is 8.42 Å². The smallest absolute Gasteiger partial charge is 0.249 e. The number of ether oxygens (including phenoxy) is 2. The van der Waals surface area contributed by atoms with Crippen LogP contribution in [0, 0.1) is 0 Å². The molecule has 1 saturated heterocycles. The van der Waals surface area contributed by atoms with Crippen molar-refractivity contribution in [2.75, 3.05) is 52.0 Å². The van der Waals surface area contributed by atoms with Gasteiger partial charge in [0.05, 0.1) is 6.61 Å². The van der Waals surface area contributed by atoms with Crippen LogP contribution in [0.25, 0.3) is 0 Å². The van der Waals surface area contributed by atoms with Crippen molar-refractivity contribution in [2.24, 2.45) is 0 Å². The van der Waals surface area contributed by atoms with Gasteiger partial charge in [0.15, 0.2) is 10.7 Å². The van der Waals surface area contributed by atoms with Crippen LogP contribution in [0.5, 0.6) is 0 Å². The Balaban J connectivity index is 2.22. The van der Waals surface area contributed by atoms with Crippen LogP contribution in [-0.4, -0.2) is 63.7 Å². The zero-order chi connectivity index (χ0) is 15.7. The lowest BCUT2D eigenvalue weighted by atomic mass is 10.0. The van der Waals surface area contributed by atoms with Crippen LogP contribution in [0.1, 0.15) is 6.42 Å². The molecule has 0 bridgehead atoms. The van der Waals surface area contributed by atoms with Gasteiger partial charge < -0.3 is 20.5 Å². The van der Waals surface area contributed by atoms with Crippen LogP contribution < -0.4 is 11.1 Å². The molecular formula is C11H20N4O4S2. The summed E-state index contributed by atoms with van der Waals surface area (Å²) in [6.07, 6.45) is 0.751. The highest BCUT2D eigenvalue weighted by atomic mass is 32.2. The highest BCUT2D eigenvalue weighted by Crippen LogP contribution is 2.34. The summed E-state index contributed by atoms with van der Waals surface area (Å²) in [5.74, 6) is 0.00494. The molecule has 8 nitrogen and oxygen atoms in total. The molecular weight excluding hydrogens is 316 g/mol. The third kappa shape index (κ3) is 3.14. The van der Waals surface area contributed by atoms with Crippen molar-refractivity contribution in [1.29, 1.82) is 0 Å². The van der Waals surface area contributed by atoms with E-state index in [-0.39, 0.29) is 10.7 Å². The first-order valence-electron chi connectivity index (χ1n) is 6.37. The SMILES string of the molecule is COC1(CNc2snc(N)c2S(=O)(=O)N(C)C)CCOC1. The predicted octanol–water partition coefficient (Wildman–Crippen LogP) is 0.193. The fourth-order valence-electron chi connectivity index (χ4n) is 2.04. The van der Waals surface area contributed by atoms with Gasteiger partial charge in [-0.05, 0) is 11.5 Å². The Kier molecular flexibility index (Phi) is 4.73. The maximum atomic E-state index is 12.3. The summed E-state index contributed by atoms with van der Waals surface area (Å²) < 4.78 is 40.5. The zero-order valence-electron chi connectivity index (χ0n) is 12.2. The van der Waals surface area contributed by atoms with Crippen LogP contribution in [-0.2, 0) is 19.5 Å². The minimum Gasteiger partial charge on any atom is -0.382 e. The molecule has 0 spiro atoms. The van der Waals surface area contributed by atoms with Gasteiger partial charge in [-0.1, -0.05) is 0 Å². The van der Waals surface area contributed by atoms with Gasteiger partial charge in [-0.3, -0.25) is 0 Å². The summed E-state index contributed by atoms with van der Waals surface area (Å²) in [6.45, 7) is 1.53. The molecule has 2 heterocycles. The van der Waals surface area contributed by atoms with E-state index in [0.717, 1.165) is 22.3 Å². The number of anilines is 2. The lowest BCUT2D eigenvalue weighted by molar-refractivity contribution is -0.00618. The van der Waals surface area contributed by atoms with Gasteiger partial charge in [0.25, 0.3) is 0 Å². The second-order valence-electron chi connectivity index (χ2n) is 5.06. The molecule has 1 aliphatic heterocycles. The number of hydrogen-bond acceptors (Lipinski definition) is 8. The molecule has 1 unspecified atom stereocenters. The number of nitrogens with zero attached hydrogens (tertiary/aromatic N) is 2. The molecule has 2 rings (SSSR count). The number of nitrogens with two attached hydrogens (primary N) is 1. The van der Waals surface area contributed by atoms with Crippen LogP contribution in [0.4, 0.5) is 10.8 Å². The number of rotatable bonds is 6. The molecule has 0 aliphatic carbocycles. The van der Waals surface area contributed by atoms with Crippen molar-refractivity contribution in [1.82, 2.24) is 8.68 Å². The number of sulfonamides is 1. The molecule has 0 aromatic carbocycles. The first-order chi connectivity index (χ1) is 9.82. The average Bonchev–Trinajstić information content (AvgIpc) is 3.03. The summed E-state index contributed by atoms with van der Waals surface area (Å²) in [5, 5.41) is 3.51. The molecule has 1 aliphatic rings. The van der Waals surface area contributed by atoms with Crippen LogP contribution in [0.15, 0.2) is 4.90 Å². The summed E-state index contributed by atoms with van der Waals surface area (Å²) >= 11 is 1.02. The molecule has 1 aromatic heterocycles. The normalized spacial score (nSPS) is 22.9. The molecule has 0 radical (unpaired) electrons. The van der Waals surface area contributed by atoms with Gasteiger partial charge in [-0.25, -0.2) is 12.7 Å². The Hall–Kier alpha value is -0.940. The van der Waals surface area contributed by atoms with E-state index in [1.807, 2.05) is 0 Å². The molecule has 1 aromatic rings. The second-order valence-corrected chi connectivity index (χ2v) is 7.92. The molecule has 120 valence electrons. The summed E-state index contributed by atoms with van der Waals surface area (Å²) in [7, 11) is 0.887. The van der Waals surface area contributed by atoms with Crippen LogP contribution in [0.3, 0.4) is 0 Å². The first-order valence-corrected chi connectivity index (χ1v) is 8.58. The van der Waals surface area contributed by atoms with Gasteiger partial charge in [0.1, 0.15) is 10.6 Å². The fraction of sp³-hybridized carbons (Fsp3) is 0.727. The van der Waals surface area contributed by atoms with Gasteiger partial charge in [0, 0.05) is 40.8 Å². The molecule has 0 saturated carbocycles. The third-order valence-electron chi connectivity index (χ3n) is 3.48. The largest absolute Gasteiger partial charge is 0.382 e. The number of methoxy groups -OCH3 is 1. The van der Waals surface area contributed by atoms with Crippen molar-refractivity contribution in [2.45, 2.75) is 16.9 Å². The first kappa shape index (κ1) is 16.4. The minimum absolute atomic E-state index is 0.00494. The lowest BCUT2D eigenvalue weighted by Gasteiger charge is -2.26. The van der Waals surface area contributed by atoms with Gasteiger partial charge in [-0.15, -0.1) is 0 Å². The second kappa shape index (κ2) is 6.05. The molecule has 3 N–H and O–H groups in total. The molecule has 21 heavy (non-hydrogen) atoms. The number of aromatic nitrogens is 1. The van der Waals surface area contributed by atoms with E-state index in [1.54, 1.807) is 7.11 Å². The van der Waals surface area contributed by atoms with Crippen LogP contribution in [0.2, 0.25) is 0 Å². The Labute approximate surface area is 128 Å². The quantitative estimate of drug-likeness (QED) is 0.764. The Bertz CT molecular complexity index is 593. The lowest BCUT2D eigenvalue weighted by Crippen LogP contribution is -2.39. The van der Waals surface area contributed by atoms with Crippen molar-refractivity contribution in [3.05, 3.63) is 0 Å². The molecule has 1 fully saturated rings. The average molecular weight is 336 g/mol. The topological polar surface area (TPSA) is 107 Å². The summed E-state index contributed by atoms with van der Waals surface area (Å²) in [4.78, 5) is 0.0164. The molecule has 0 amide bonds. The van der Waals surface area contributed by atoms with Crippen LogP contribution >= 0.6 is 11.5 Å². The van der Waals surface area contributed by atoms with Gasteiger partial charge >= 0.3 is 0 Å². The fourth-order valence-corrected chi connectivity index (χ4v) is 4.11. The highest BCUT2D eigenvalue weighted by Gasteiger charge is 2.36. The maximum Gasteiger partial charge on any atom is 0.249 e. The Morgan fingerprint density at radius 3 is 2.81 bits per heavy atom. The number of hydrogen-bond donors (Lipinski definition) is 2. The minimum atomic E-state index is -3.65. The maximum absolute atomic E-state index is 12.3. The van der Waals surface area contributed by atoms with E-state index in [4.69, 9.17) is 15.2 Å². The Morgan fingerprint density at radius 2 is 2.29 bits per heavy atom. The number of nitrogen functional groups attached to an aromatic ring is 1. The zero-order valence-corrected chi connectivity index (χ0v) is 13.9. The number of nitrogens with one attached hydrogen (secondary N) is 1. The van der Waals surface area contributed by atoms with Crippen molar-refractivity contribution < 1.29 is 17.9 Å². The van der Waals surface area contributed by atoms with Gasteiger partial charge in [-0.2, -0.15) is 4.37 Å². The van der Waals surface area contributed by atoms with Crippen molar-refractivity contribution in [3.63, 3.8) is 0 Å². The highest BCUT2D eigenvalue weighted by molar-refractivity contribution is 7.89. The van der Waals surface area contributed by atoms with Gasteiger partial charge in [0.2, 0.25) is 10.0 Å². The predicted molar refractivity (Wildman–Crippen MR) is 81.1 cm³/mol. The van der Waals surface area contributed by atoms with E-state index in [2.05, 4.69) is 9.69 Å². The third-order valence-corrected chi connectivity index (χ3v) is 6.32. The summed E-state index contributed by atoms with van der Waals surface area (Å²) in [6, 6.07) is 0. The molecule has 10 heteroatoms. The van der Waals surface area contributed by atoms with E-state index < -0.39 is 15.6 Å². The summed E-state index contributed by atoms with van der Waals surface area (Å²) in [5.41, 5.74) is 5.27. The molecule has 1 atom stereocenters. The van der Waals surface area contributed by atoms with E-state index in [0.29, 0.717) is 24.8 Å². The Morgan fingerprint density at radius 1 is 1.57 bits per heavy atom. The van der Waals surface area contributed by atoms with E-state index >= 15 is 0 Å². The van der Waals surface area contributed by atoms with Crippen molar-refractivity contribution >= 4 is 32.4 Å².